The highest BCUT2D eigenvalue weighted by atomic mass is 16.2. The van der Waals surface area contributed by atoms with Gasteiger partial charge in [-0.2, -0.15) is 0 Å². The Morgan fingerprint density at radius 2 is 2.22 bits per heavy atom. The Labute approximate surface area is 107 Å². The summed E-state index contributed by atoms with van der Waals surface area (Å²) in [6, 6.07) is -0.0602. The molecule has 2 unspecified atom stereocenters. The van der Waals surface area contributed by atoms with Crippen molar-refractivity contribution >= 4 is 11.9 Å². The number of hydrazine groups is 1. The van der Waals surface area contributed by atoms with Crippen LogP contribution in [0.5, 0.6) is 0 Å². The Balaban J connectivity index is 2.05. The van der Waals surface area contributed by atoms with Crippen LogP contribution in [0.2, 0.25) is 0 Å². The largest absolute Gasteiger partial charge is 0.336 e. The maximum atomic E-state index is 11.8. The molecule has 2 saturated heterocycles. The Kier molecular flexibility index (Phi) is 3.72. The van der Waals surface area contributed by atoms with Crippen molar-refractivity contribution in [1.29, 1.82) is 0 Å². The second-order valence-corrected chi connectivity index (χ2v) is 5.23. The second-order valence-electron chi connectivity index (χ2n) is 5.23. The van der Waals surface area contributed by atoms with Gasteiger partial charge in [-0.25, -0.2) is 10.6 Å². The number of nitrogens with one attached hydrogen (secondary N) is 2. The number of carbonyl (C=O) groups excluding carboxylic acids is 2. The van der Waals surface area contributed by atoms with Crippen LogP contribution >= 0.6 is 0 Å². The second kappa shape index (κ2) is 5.11. The van der Waals surface area contributed by atoms with Crippen LogP contribution in [-0.2, 0) is 4.79 Å². The molecule has 7 nitrogen and oxygen atoms in total. The summed E-state index contributed by atoms with van der Waals surface area (Å²) < 4.78 is 0. The van der Waals surface area contributed by atoms with Crippen molar-refractivity contribution in [2.24, 2.45) is 11.8 Å². The molecule has 18 heavy (non-hydrogen) atoms. The molecule has 7 heteroatoms. The summed E-state index contributed by atoms with van der Waals surface area (Å²) >= 11 is 0. The molecule has 102 valence electrons. The number of fused-ring (bicyclic) bond motifs is 1. The molecule has 0 aromatic carbocycles. The lowest BCUT2D eigenvalue weighted by Gasteiger charge is -2.41. The highest BCUT2D eigenvalue weighted by Gasteiger charge is 2.39. The maximum Gasteiger partial charge on any atom is 0.317 e. The van der Waals surface area contributed by atoms with Gasteiger partial charge in [-0.3, -0.25) is 15.1 Å². The van der Waals surface area contributed by atoms with Gasteiger partial charge in [0, 0.05) is 26.2 Å². The third-order valence-electron chi connectivity index (χ3n) is 3.70. The Hall–Kier alpha value is -1.34. The highest BCUT2D eigenvalue weighted by Crippen LogP contribution is 2.19. The summed E-state index contributed by atoms with van der Waals surface area (Å²) in [6.07, 6.45) is 0. The van der Waals surface area contributed by atoms with Gasteiger partial charge in [0.2, 0.25) is 0 Å². The molecule has 2 aliphatic rings. The Morgan fingerprint density at radius 1 is 1.50 bits per heavy atom. The minimum atomic E-state index is -0.229. The monoisotopic (exact) mass is 255 g/mol. The van der Waals surface area contributed by atoms with Gasteiger partial charge in [0.15, 0.2) is 0 Å². The fourth-order valence-corrected chi connectivity index (χ4v) is 2.86. The first-order valence-electron chi connectivity index (χ1n) is 6.33. The molecular weight excluding hydrogens is 234 g/mol. The summed E-state index contributed by atoms with van der Waals surface area (Å²) in [4.78, 5) is 27.3. The Bertz CT molecular complexity index is 346. The molecule has 0 radical (unpaired) electrons. The molecule has 0 spiro atoms. The van der Waals surface area contributed by atoms with Gasteiger partial charge in [-0.05, 0) is 5.92 Å². The zero-order valence-electron chi connectivity index (χ0n) is 10.8. The predicted molar refractivity (Wildman–Crippen MR) is 66.4 cm³/mol. The average Bonchev–Trinajstić information content (AvgIpc) is 2.70. The minimum absolute atomic E-state index is 0.00373. The number of piperazine rings is 1. The average molecular weight is 255 g/mol. The number of urea groups is 1. The Morgan fingerprint density at radius 3 is 2.83 bits per heavy atom. The molecule has 0 aromatic rings. The van der Waals surface area contributed by atoms with Gasteiger partial charge >= 0.3 is 6.03 Å². The molecule has 2 aliphatic heterocycles. The third kappa shape index (κ3) is 2.28. The fourth-order valence-electron chi connectivity index (χ4n) is 2.86. The van der Waals surface area contributed by atoms with E-state index in [4.69, 9.17) is 5.84 Å². The number of amides is 3. The number of rotatable bonds is 3. The fraction of sp³-hybridized carbons (Fsp3) is 0.818. The van der Waals surface area contributed by atoms with Crippen molar-refractivity contribution < 1.29 is 9.59 Å². The van der Waals surface area contributed by atoms with Gasteiger partial charge in [-0.1, -0.05) is 13.8 Å². The zero-order valence-corrected chi connectivity index (χ0v) is 10.8. The van der Waals surface area contributed by atoms with E-state index in [1.165, 1.54) is 0 Å². The molecule has 0 saturated carbocycles. The van der Waals surface area contributed by atoms with Crippen LogP contribution in [0.1, 0.15) is 13.8 Å². The van der Waals surface area contributed by atoms with E-state index in [-0.39, 0.29) is 29.9 Å². The van der Waals surface area contributed by atoms with Crippen LogP contribution in [0, 0.1) is 5.92 Å². The van der Waals surface area contributed by atoms with Crippen molar-refractivity contribution in [3.63, 3.8) is 0 Å². The number of hydrogen-bond donors (Lipinski definition) is 3. The highest BCUT2D eigenvalue weighted by molar-refractivity contribution is 5.81. The zero-order chi connectivity index (χ0) is 13.3. The molecule has 2 fully saturated rings. The van der Waals surface area contributed by atoms with E-state index in [0.29, 0.717) is 19.6 Å². The first-order chi connectivity index (χ1) is 8.54. The van der Waals surface area contributed by atoms with Crippen molar-refractivity contribution in [2.75, 3.05) is 26.2 Å². The summed E-state index contributed by atoms with van der Waals surface area (Å²) in [5.74, 6) is 5.27. The van der Waals surface area contributed by atoms with E-state index < -0.39 is 0 Å². The van der Waals surface area contributed by atoms with E-state index in [9.17, 15) is 9.59 Å². The standard InChI is InChI=1S/C11H21N5O2/c1-7(2)9(10(17)14-12)15-3-4-16-8(6-15)5-13-11(16)18/h7-9H,3-6,12H2,1-2H3,(H,13,18)(H,14,17). The quantitative estimate of drug-likeness (QED) is 0.332. The predicted octanol–water partition coefficient (Wildman–Crippen LogP) is -1.29. The van der Waals surface area contributed by atoms with Crippen LogP contribution in [0.3, 0.4) is 0 Å². The lowest BCUT2D eigenvalue weighted by Crippen LogP contribution is -2.60. The SMILES string of the molecule is CC(C)C(C(=O)NN)N1CCN2C(=O)NCC2C1. The molecule has 0 bridgehead atoms. The normalized spacial score (nSPS) is 25.9. The van der Waals surface area contributed by atoms with Crippen LogP contribution in [0.4, 0.5) is 4.79 Å². The van der Waals surface area contributed by atoms with Crippen LogP contribution in [0.25, 0.3) is 0 Å². The van der Waals surface area contributed by atoms with Gasteiger partial charge in [-0.15, -0.1) is 0 Å². The smallest absolute Gasteiger partial charge is 0.317 e. The molecule has 4 N–H and O–H groups in total. The maximum absolute atomic E-state index is 11.8. The summed E-state index contributed by atoms with van der Waals surface area (Å²) in [5.41, 5.74) is 2.24. The van der Waals surface area contributed by atoms with E-state index in [1.807, 2.05) is 18.7 Å². The molecule has 2 heterocycles. The van der Waals surface area contributed by atoms with Crippen molar-refractivity contribution in [3.05, 3.63) is 0 Å². The van der Waals surface area contributed by atoms with Gasteiger partial charge < -0.3 is 10.2 Å². The lowest BCUT2D eigenvalue weighted by atomic mass is 9.99. The van der Waals surface area contributed by atoms with Crippen LogP contribution in [0.15, 0.2) is 0 Å². The van der Waals surface area contributed by atoms with Gasteiger partial charge in [0.05, 0.1) is 12.1 Å². The summed E-state index contributed by atoms with van der Waals surface area (Å²) in [7, 11) is 0. The first kappa shape index (κ1) is 13.1. The number of carbonyl (C=O) groups is 2. The molecule has 2 rings (SSSR count). The third-order valence-corrected chi connectivity index (χ3v) is 3.70. The molecule has 0 aliphatic carbocycles. The van der Waals surface area contributed by atoms with E-state index in [1.54, 1.807) is 0 Å². The van der Waals surface area contributed by atoms with Crippen LogP contribution < -0.4 is 16.6 Å². The minimum Gasteiger partial charge on any atom is -0.336 e. The topological polar surface area (TPSA) is 90.7 Å². The van der Waals surface area contributed by atoms with E-state index in [2.05, 4.69) is 15.6 Å². The lowest BCUT2D eigenvalue weighted by molar-refractivity contribution is -0.129. The molecule has 2 atom stereocenters. The van der Waals surface area contributed by atoms with Crippen LogP contribution in [-0.4, -0.2) is 60.0 Å². The summed E-state index contributed by atoms with van der Waals surface area (Å²) in [6.45, 7) is 6.76. The number of nitrogens with zero attached hydrogens (tertiary/aromatic N) is 2. The number of nitrogens with two attached hydrogens (primary N) is 1. The molecular formula is C11H21N5O2. The van der Waals surface area contributed by atoms with Crippen molar-refractivity contribution in [2.45, 2.75) is 25.9 Å². The molecule has 0 aromatic heterocycles. The number of hydrogen-bond acceptors (Lipinski definition) is 4. The van der Waals surface area contributed by atoms with E-state index >= 15 is 0 Å². The van der Waals surface area contributed by atoms with Crippen molar-refractivity contribution in [3.8, 4) is 0 Å². The van der Waals surface area contributed by atoms with Gasteiger partial charge in [0.1, 0.15) is 0 Å². The first-order valence-corrected chi connectivity index (χ1v) is 6.33. The van der Waals surface area contributed by atoms with E-state index in [0.717, 1.165) is 6.54 Å². The molecule has 3 amide bonds. The summed E-state index contributed by atoms with van der Waals surface area (Å²) in [5, 5.41) is 2.83. The van der Waals surface area contributed by atoms with Crippen molar-refractivity contribution in [1.82, 2.24) is 20.5 Å². The van der Waals surface area contributed by atoms with Gasteiger partial charge in [0.25, 0.3) is 5.91 Å².